The lowest BCUT2D eigenvalue weighted by molar-refractivity contribution is -0.128. The molecule has 0 spiro atoms. The molecule has 1 aromatic carbocycles. The molecule has 0 aliphatic heterocycles. The van der Waals surface area contributed by atoms with E-state index in [2.05, 4.69) is 11.9 Å². The van der Waals surface area contributed by atoms with Crippen molar-refractivity contribution < 1.29 is 14.3 Å². The molecular formula is C17H24N2O3. The lowest BCUT2D eigenvalue weighted by Gasteiger charge is -2.21. The van der Waals surface area contributed by atoms with Gasteiger partial charge in [0.1, 0.15) is 0 Å². The fourth-order valence-corrected chi connectivity index (χ4v) is 2.04. The van der Waals surface area contributed by atoms with E-state index < -0.39 is 5.97 Å². The van der Waals surface area contributed by atoms with Gasteiger partial charge in [0.15, 0.2) is 0 Å². The van der Waals surface area contributed by atoms with Crippen LogP contribution in [-0.4, -0.2) is 43.5 Å². The van der Waals surface area contributed by atoms with E-state index in [0.717, 1.165) is 16.8 Å². The fraction of sp³-hybridized carbons (Fsp3) is 0.412. The number of anilines is 1. The number of esters is 1. The second-order valence-corrected chi connectivity index (χ2v) is 5.24. The van der Waals surface area contributed by atoms with Crippen molar-refractivity contribution >= 4 is 17.6 Å². The second kappa shape index (κ2) is 8.22. The maximum atomic E-state index is 12.2. The van der Waals surface area contributed by atoms with Gasteiger partial charge >= 0.3 is 5.97 Å². The minimum absolute atomic E-state index is 0.00614. The normalized spacial score (nSPS) is 10.0. The summed E-state index contributed by atoms with van der Waals surface area (Å²) in [5, 5.41) is 3.09. The third-order valence-corrected chi connectivity index (χ3v) is 3.28. The third-order valence-electron chi connectivity index (χ3n) is 3.28. The van der Waals surface area contributed by atoms with Gasteiger partial charge in [-0.2, -0.15) is 0 Å². The number of benzene rings is 1. The predicted octanol–water partition coefficient (Wildman–Crippen LogP) is 2.62. The van der Waals surface area contributed by atoms with Gasteiger partial charge in [-0.1, -0.05) is 18.2 Å². The van der Waals surface area contributed by atoms with E-state index in [0.29, 0.717) is 18.7 Å². The second-order valence-electron chi connectivity index (χ2n) is 5.24. The van der Waals surface area contributed by atoms with Crippen LogP contribution in [0.15, 0.2) is 30.4 Å². The largest absolute Gasteiger partial charge is 0.465 e. The van der Waals surface area contributed by atoms with Crippen molar-refractivity contribution in [2.24, 2.45) is 0 Å². The average Bonchev–Trinajstić information content (AvgIpc) is 2.50. The predicted molar refractivity (Wildman–Crippen MR) is 88.1 cm³/mol. The summed E-state index contributed by atoms with van der Waals surface area (Å²) in [6.45, 7) is 10.9. The van der Waals surface area contributed by atoms with Crippen LogP contribution in [0, 0.1) is 6.92 Å². The standard InChI is InChI=1S/C17H24N2O3/c1-6-19(11-12(2)3)16(20)10-18-15-9-14(17(21)22-5)8-7-13(15)4/h7-9,18H,2,6,10-11H2,1,3-5H3. The highest BCUT2D eigenvalue weighted by Crippen LogP contribution is 2.17. The van der Waals surface area contributed by atoms with Crippen molar-refractivity contribution in [3.8, 4) is 0 Å². The van der Waals surface area contributed by atoms with Crippen LogP contribution in [0.25, 0.3) is 0 Å². The summed E-state index contributed by atoms with van der Waals surface area (Å²) < 4.78 is 4.70. The summed E-state index contributed by atoms with van der Waals surface area (Å²) in [4.78, 5) is 25.5. The van der Waals surface area contributed by atoms with Gasteiger partial charge in [0.25, 0.3) is 0 Å². The maximum Gasteiger partial charge on any atom is 0.337 e. The molecule has 120 valence electrons. The zero-order valence-corrected chi connectivity index (χ0v) is 13.7. The lowest BCUT2D eigenvalue weighted by atomic mass is 10.1. The van der Waals surface area contributed by atoms with Gasteiger partial charge in [0, 0.05) is 18.8 Å². The molecule has 0 unspecified atom stereocenters. The smallest absolute Gasteiger partial charge is 0.337 e. The summed E-state index contributed by atoms with van der Waals surface area (Å²) >= 11 is 0. The Balaban J connectivity index is 2.76. The Kier molecular flexibility index (Phi) is 6.63. The summed E-state index contributed by atoms with van der Waals surface area (Å²) in [5.74, 6) is -0.403. The van der Waals surface area contributed by atoms with Crippen LogP contribution in [0.3, 0.4) is 0 Å². The van der Waals surface area contributed by atoms with Crippen molar-refractivity contribution in [1.82, 2.24) is 4.90 Å². The molecule has 1 rings (SSSR count). The van der Waals surface area contributed by atoms with Crippen LogP contribution in [-0.2, 0) is 9.53 Å². The Morgan fingerprint density at radius 3 is 2.59 bits per heavy atom. The van der Waals surface area contributed by atoms with Gasteiger partial charge in [-0.3, -0.25) is 4.79 Å². The van der Waals surface area contributed by atoms with E-state index in [1.165, 1.54) is 7.11 Å². The first-order valence-electron chi connectivity index (χ1n) is 7.24. The number of amides is 1. The number of ether oxygens (including phenoxy) is 1. The Bertz CT molecular complexity index is 567. The van der Waals surface area contributed by atoms with Gasteiger partial charge in [0.2, 0.25) is 5.91 Å². The molecule has 0 atom stereocenters. The number of carbonyl (C=O) groups excluding carboxylic acids is 2. The number of carbonyl (C=O) groups is 2. The molecule has 0 heterocycles. The summed E-state index contributed by atoms with van der Waals surface area (Å²) in [7, 11) is 1.34. The zero-order chi connectivity index (χ0) is 16.7. The molecular weight excluding hydrogens is 280 g/mol. The maximum absolute atomic E-state index is 12.2. The summed E-state index contributed by atoms with van der Waals surface area (Å²) in [6, 6.07) is 5.22. The molecule has 1 amide bonds. The van der Waals surface area contributed by atoms with Gasteiger partial charge in [0.05, 0.1) is 19.2 Å². The molecule has 5 nitrogen and oxygen atoms in total. The van der Waals surface area contributed by atoms with Crippen molar-refractivity contribution in [1.29, 1.82) is 0 Å². The first kappa shape index (κ1) is 17.8. The molecule has 0 aromatic heterocycles. The highest BCUT2D eigenvalue weighted by Gasteiger charge is 2.13. The number of hydrogen-bond acceptors (Lipinski definition) is 4. The van der Waals surface area contributed by atoms with Crippen LogP contribution in [0.1, 0.15) is 29.8 Å². The molecule has 22 heavy (non-hydrogen) atoms. The van der Waals surface area contributed by atoms with Crippen molar-refractivity contribution in [2.75, 3.05) is 32.1 Å². The van der Waals surface area contributed by atoms with E-state index in [4.69, 9.17) is 4.74 Å². The topological polar surface area (TPSA) is 58.6 Å². The Hall–Kier alpha value is -2.30. The minimum atomic E-state index is -0.396. The van der Waals surface area contributed by atoms with E-state index in [1.807, 2.05) is 26.8 Å². The molecule has 1 aromatic rings. The van der Waals surface area contributed by atoms with E-state index >= 15 is 0 Å². The molecule has 0 saturated heterocycles. The minimum Gasteiger partial charge on any atom is -0.465 e. The average molecular weight is 304 g/mol. The van der Waals surface area contributed by atoms with E-state index in [-0.39, 0.29) is 12.5 Å². The van der Waals surface area contributed by atoms with Gasteiger partial charge in [-0.15, -0.1) is 0 Å². The molecule has 0 bridgehead atoms. The highest BCUT2D eigenvalue weighted by molar-refractivity contribution is 5.91. The van der Waals surface area contributed by atoms with Crippen molar-refractivity contribution in [3.63, 3.8) is 0 Å². The Morgan fingerprint density at radius 1 is 1.36 bits per heavy atom. The molecule has 0 aliphatic rings. The lowest BCUT2D eigenvalue weighted by Crippen LogP contribution is -2.36. The van der Waals surface area contributed by atoms with E-state index in [1.54, 1.807) is 17.0 Å². The van der Waals surface area contributed by atoms with Crippen molar-refractivity contribution in [2.45, 2.75) is 20.8 Å². The van der Waals surface area contributed by atoms with Gasteiger partial charge < -0.3 is 15.0 Å². The number of aryl methyl sites for hydroxylation is 1. The Labute approximate surface area is 132 Å². The van der Waals surface area contributed by atoms with Crippen LogP contribution < -0.4 is 5.32 Å². The number of hydrogen-bond donors (Lipinski definition) is 1. The van der Waals surface area contributed by atoms with Gasteiger partial charge in [-0.05, 0) is 38.5 Å². The van der Waals surface area contributed by atoms with Crippen LogP contribution in [0.5, 0.6) is 0 Å². The quantitative estimate of drug-likeness (QED) is 0.621. The monoisotopic (exact) mass is 304 g/mol. The summed E-state index contributed by atoms with van der Waals surface area (Å²) in [6.07, 6.45) is 0. The number of rotatable bonds is 7. The van der Waals surface area contributed by atoms with Gasteiger partial charge in [-0.25, -0.2) is 4.79 Å². The first-order chi connectivity index (χ1) is 10.4. The number of nitrogens with one attached hydrogen (secondary N) is 1. The number of likely N-dealkylation sites (N-methyl/N-ethyl adjacent to an activating group) is 1. The molecule has 5 heteroatoms. The molecule has 1 N–H and O–H groups in total. The first-order valence-corrected chi connectivity index (χ1v) is 7.24. The molecule has 0 saturated carbocycles. The SMILES string of the molecule is C=C(C)CN(CC)C(=O)CNc1cc(C(=O)OC)ccc1C. The molecule has 0 fully saturated rings. The van der Waals surface area contributed by atoms with E-state index in [9.17, 15) is 9.59 Å². The molecule has 0 radical (unpaired) electrons. The Morgan fingerprint density at radius 2 is 2.05 bits per heavy atom. The zero-order valence-electron chi connectivity index (χ0n) is 13.7. The molecule has 0 aliphatic carbocycles. The van der Waals surface area contributed by atoms with Crippen molar-refractivity contribution in [3.05, 3.63) is 41.5 Å². The highest BCUT2D eigenvalue weighted by atomic mass is 16.5. The van der Waals surface area contributed by atoms with Crippen LogP contribution in [0.4, 0.5) is 5.69 Å². The number of nitrogens with zero attached hydrogens (tertiary/aromatic N) is 1. The summed E-state index contributed by atoms with van der Waals surface area (Å²) in [5.41, 5.74) is 3.11. The van der Waals surface area contributed by atoms with Crippen LogP contribution >= 0.6 is 0 Å². The number of methoxy groups -OCH3 is 1. The van der Waals surface area contributed by atoms with Crippen LogP contribution in [0.2, 0.25) is 0 Å². The fourth-order valence-electron chi connectivity index (χ4n) is 2.04. The third kappa shape index (κ3) is 4.91.